The van der Waals surface area contributed by atoms with E-state index in [0.29, 0.717) is 6.54 Å². The van der Waals surface area contributed by atoms with Crippen LogP contribution < -0.4 is 10.6 Å². The van der Waals surface area contributed by atoms with Gasteiger partial charge in [-0.15, -0.1) is 0 Å². The van der Waals surface area contributed by atoms with E-state index in [-0.39, 0.29) is 11.4 Å². The van der Waals surface area contributed by atoms with Gasteiger partial charge in [0, 0.05) is 0 Å². The van der Waals surface area contributed by atoms with Gasteiger partial charge in [0.15, 0.2) is 0 Å². The summed E-state index contributed by atoms with van der Waals surface area (Å²) in [6, 6.07) is 14.9. The fourth-order valence-electron chi connectivity index (χ4n) is 3.83. The normalized spacial score (nSPS) is 26.8. The van der Waals surface area contributed by atoms with E-state index in [1.54, 1.807) is 12.1 Å². The van der Waals surface area contributed by atoms with Gasteiger partial charge in [-0.05, 0) is 61.4 Å². The lowest BCUT2D eigenvalue weighted by atomic mass is 9.75. The summed E-state index contributed by atoms with van der Waals surface area (Å²) in [6.45, 7) is 2.89. The van der Waals surface area contributed by atoms with Crippen LogP contribution in [0.5, 0.6) is 0 Å². The molecule has 1 aliphatic heterocycles. The SMILES string of the molecule is CC1CCC2(CC1)Nc1ccccc1NC2=NCc1ccc(F)cc1. The van der Waals surface area contributed by atoms with E-state index >= 15 is 0 Å². The van der Waals surface area contributed by atoms with Gasteiger partial charge in [-0.1, -0.05) is 31.2 Å². The number of nitrogens with one attached hydrogen (secondary N) is 2. The number of hydrogen-bond acceptors (Lipinski definition) is 2. The van der Waals surface area contributed by atoms with Crippen LogP contribution in [0.3, 0.4) is 0 Å². The van der Waals surface area contributed by atoms with Crippen molar-refractivity contribution in [2.45, 2.75) is 44.7 Å². The maximum absolute atomic E-state index is 13.1. The molecule has 4 rings (SSSR count). The van der Waals surface area contributed by atoms with Gasteiger partial charge in [0.1, 0.15) is 11.7 Å². The van der Waals surface area contributed by atoms with Crippen molar-refractivity contribution in [2.75, 3.05) is 10.6 Å². The highest BCUT2D eigenvalue weighted by atomic mass is 19.1. The lowest BCUT2D eigenvalue weighted by Gasteiger charge is -2.45. The van der Waals surface area contributed by atoms with Crippen molar-refractivity contribution in [1.29, 1.82) is 0 Å². The van der Waals surface area contributed by atoms with Crippen molar-refractivity contribution in [1.82, 2.24) is 0 Å². The topological polar surface area (TPSA) is 36.4 Å². The monoisotopic (exact) mass is 337 g/mol. The first-order chi connectivity index (χ1) is 12.1. The Bertz CT molecular complexity index is 774. The lowest BCUT2D eigenvalue weighted by Crippen LogP contribution is -2.54. The first-order valence-corrected chi connectivity index (χ1v) is 9.08. The van der Waals surface area contributed by atoms with Crippen molar-refractivity contribution < 1.29 is 4.39 Å². The highest BCUT2D eigenvalue weighted by Crippen LogP contribution is 2.41. The summed E-state index contributed by atoms with van der Waals surface area (Å²) < 4.78 is 13.1. The second kappa shape index (κ2) is 6.51. The van der Waals surface area contributed by atoms with Crippen LogP contribution in [0, 0.1) is 11.7 Å². The Labute approximate surface area is 148 Å². The minimum atomic E-state index is -0.208. The van der Waals surface area contributed by atoms with Crippen LogP contribution in [0.4, 0.5) is 15.8 Å². The summed E-state index contributed by atoms with van der Waals surface area (Å²) in [6.07, 6.45) is 4.56. The fourth-order valence-corrected chi connectivity index (χ4v) is 3.83. The Balaban J connectivity index is 1.64. The Morgan fingerprint density at radius 3 is 2.44 bits per heavy atom. The van der Waals surface area contributed by atoms with E-state index in [1.807, 2.05) is 6.07 Å². The van der Waals surface area contributed by atoms with Crippen LogP contribution >= 0.6 is 0 Å². The smallest absolute Gasteiger partial charge is 0.127 e. The van der Waals surface area contributed by atoms with Crippen LogP contribution in [-0.2, 0) is 6.54 Å². The molecule has 4 heteroatoms. The van der Waals surface area contributed by atoms with Crippen LogP contribution in [0.2, 0.25) is 0 Å². The maximum atomic E-state index is 13.1. The van der Waals surface area contributed by atoms with E-state index in [2.05, 4.69) is 35.8 Å². The van der Waals surface area contributed by atoms with Crippen LogP contribution in [0.15, 0.2) is 53.5 Å². The van der Waals surface area contributed by atoms with Gasteiger partial charge in [0.05, 0.1) is 23.5 Å². The molecule has 25 heavy (non-hydrogen) atoms. The number of anilines is 2. The molecule has 1 heterocycles. The summed E-state index contributed by atoms with van der Waals surface area (Å²) in [4.78, 5) is 4.90. The predicted octanol–water partition coefficient (Wildman–Crippen LogP) is 5.21. The second-order valence-electron chi connectivity index (χ2n) is 7.35. The number of rotatable bonds is 2. The van der Waals surface area contributed by atoms with Gasteiger partial charge < -0.3 is 10.6 Å². The van der Waals surface area contributed by atoms with Crippen molar-refractivity contribution in [3.8, 4) is 0 Å². The van der Waals surface area contributed by atoms with Crippen LogP contribution in [0.1, 0.15) is 38.2 Å². The van der Waals surface area contributed by atoms with E-state index < -0.39 is 0 Å². The molecule has 2 aromatic carbocycles. The van der Waals surface area contributed by atoms with E-state index in [4.69, 9.17) is 4.99 Å². The van der Waals surface area contributed by atoms with E-state index in [1.165, 1.54) is 25.0 Å². The van der Waals surface area contributed by atoms with Crippen LogP contribution in [0.25, 0.3) is 0 Å². The van der Waals surface area contributed by atoms with Gasteiger partial charge in [0.2, 0.25) is 0 Å². The molecule has 0 bridgehead atoms. The molecule has 2 aromatic rings. The summed E-state index contributed by atoms with van der Waals surface area (Å²) in [5.41, 5.74) is 3.14. The first-order valence-electron chi connectivity index (χ1n) is 9.08. The van der Waals surface area contributed by atoms with Crippen molar-refractivity contribution in [3.05, 3.63) is 59.9 Å². The molecule has 1 spiro atoms. The minimum absolute atomic E-state index is 0.110. The van der Waals surface area contributed by atoms with E-state index in [9.17, 15) is 4.39 Å². The zero-order valence-corrected chi connectivity index (χ0v) is 14.6. The number of para-hydroxylation sites is 2. The zero-order valence-electron chi connectivity index (χ0n) is 14.6. The quantitative estimate of drug-likeness (QED) is 0.789. The lowest BCUT2D eigenvalue weighted by molar-refractivity contribution is 0.321. The Kier molecular flexibility index (Phi) is 4.20. The van der Waals surface area contributed by atoms with Crippen molar-refractivity contribution >= 4 is 17.2 Å². The number of hydrogen-bond donors (Lipinski definition) is 2. The Morgan fingerprint density at radius 2 is 1.72 bits per heavy atom. The Morgan fingerprint density at radius 1 is 1.04 bits per heavy atom. The molecule has 3 nitrogen and oxygen atoms in total. The third-order valence-corrected chi connectivity index (χ3v) is 5.47. The molecule has 0 atom stereocenters. The Hall–Kier alpha value is -2.36. The molecule has 0 unspecified atom stereocenters. The second-order valence-corrected chi connectivity index (χ2v) is 7.35. The fraction of sp³-hybridized carbons (Fsp3) is 0.381. The van der Waals surface area contributed by atoms with Gasteiger partial charge in [-0.25, -0.2) is 4.39 Å². The number of aliphatic imine (C=N–C) groups is 1. The summed E-state index contributed by atoms with van der Waals surface area (Å²) in [5.74, 6) is 1.57. The number of benzene rings is 2. The number of nitrogens with zero attached hydrogens (tertiary/aromatic N) is 1. The number of fused-ring (bicyclic) bond motifs is 1. The molecular weight excluding hydrogens is 313 g/mol. The third-order valence-electron chi connectivity index (χ3n) is 5.47. The van der Waals surface area contributed by atoms with Gasteiger partial charge in [0.25, 0.3) is 0 Å². The van der Waals surface area contributed by atoms with Gasteiger partial charge in [-0.2, -0.15) is 0 Å². The molecule has 0 radical (unpaired) electrons. The number of halogens is 1. The molecule has 1 fully saturated rings. The zero-order chi connectivity index (χ0) is 17.3. The van der Waals surface area contributed by atoms with Gasteiger partial charge in [-0.3, -0.25) is 4.99 Å². The average molecular weight is 337 g/mol. The minimum Gasteiger partial charge on any atom is -0.371 e. The molecule has 2 N–H and O–H groups in total. The first kappa shape index (κ1) is 16.1. The molecule has 2 aliphatic rings. The summed E-state index contributed by atoms with van der Waals surface area (Å²) in [5, 5.41) is 7.34. The average Bonchev–Trinajstić information content (AvgIpc) is 2.64. The standard InChI is InChI=1S/C21H24FN3/c1-15-10-12-21(13-11-15)20(23-14-16-6-8-17(22)9-7-16)24-18-4-2-3-5-19(18)25-21/h2-9,15,25H,10-14H2,1H3,(H,23,24). The molecule has 0 amide bonds. The molecule has 1 aliphatic carbocycles. The summed E-state index contributed by atoms with van der Waals surface area (Å²) in [7, 11) is 0. The predicted molar refractivity (Wildman–Crippen MR) is 102 cm³/mol. The maximum Gasteiger partial charge on any atom is 0.127 e. The molecule has 0 saturated heterocycles. The molecular formula is C21H24FN3. The highest BCUT2D eigenvalue weighted by molar-refractivity contribution is 6.09. The molecule has 1 saturated carbocycles. The van der Waals surface area contributed by atoms with Crippen molar-refractivity contribution in [2.24, 2.45) is 10.9 Å². The summed E-state index contributed by atoms with van der Waals surface area (Å²) >= 11 is 0. The number of amidine groups is 1. The van der Waals surface area contributed by atoms with E-state index in [0.717, 1.165) is 41.5 Å². The largest absolute Gasteiger partial charge is 0.371 e. The highest BCUT2D eigenvalue weighted by Gasteiger charge is 2.42. The van der Waals surface area contributed by atoms with Crippen LogP contribution in [-0.4, -0.2) is 11.4 Å². The van der Waals surface area contributed by atoms with Crippen molar-refractivity contribution in [3.63, 3.8) is 0 Å². The third kappa shape index (κ3) is 3.26. The van der Waals surface area contributed by atoms with Gasteiger partial charge >= 0.3 is 0 Å². The molecule has 130 valence electrons. The molecule has 0 aromatic heterocycles.